The maximum Gasteiger partial charge on any atom is 0.253 e. The first-order chi connectivity index (χ1) is 10.6. The van der Waals surface area contributed by atoms with E-state index in [0.29, 0.717) is 5.56 Å². The van der Waals surface area contributed by atoms with Crippen molar-refractivity contribution >= 4 is 5.91 Å². The zero-order valence-corrected chi connectivity index (χ0v) is 12.5. The van der Waals surface area contributed by atoms with Gasteiger partial charge >= 0.3 is 0 Å². The van der Waals surface area contributed by atoms with Crippen molar-refractivity contribution in [1.29, 1.82) is 0 Å². The molecule has 1 aliphatic heterocycles. The molecule has 0 atom stereocenters. The minimum absolute atomic E-state index is 0.0742. The van der Waals surface area contributed by atoms with E-state index in [4.69, 9.17) is 0 Å². The van der Waals surface area contributed by atoms with Gasteiger partial charge in [0.25, 0.3) is 5.91 Å². The molecule has 2 N–H and O–H groups in total. The van der Waals surface area contributed by atoms with Gasteiger partial charge in [0.05, 0.1) is 6.20 Å². The SMILES string of the molecule is Cc1cc(C(=O)N2CCNCC2)ccc1-c1cncc(O)c1. The maximum atomic E-state index is 12.5. The zero-order chi connectivity index (χ0) is 15.5. The highest BCUT2D eigenvalue weighted by molar-refractivity contribution is 5.95. The number of hydrogen-bond donors (Lipinski definition) is 2. The Hall–Kier alpha value is -2.40. The molecule has 5 heteroatoms. The fraction of sp³-hybridized carbons (Fsp3) is 0.294. The Morgan fingerprint density at radius 1 is 1.23 bits per heavy atom. The van der Waals surface area contributed by atoms with E-state index in [9.17, 15) is 9.90 Å². The molecule has 2 heterocycles. The van der Waals surface area contributed by atoms with Crippen LogP contribution in [0.3, 0.4) is 0 Å². The number of carbonyl (C=O) groups is 1. The molecule has 0 aliphatic carbocycles. The molecule has 0 unspecified atom stereocenters. The molecular formula is C17H19N3O2. The number of nitrogens with zero attached hydrogens (tertiary/aromatic N) is 2. The summed E-state index contributed by atoms with van der Waals surface area (Å²) in [7, 11) is 0. The lowest BCUT2D eigenvalue weighted by atomic mass is 9.99. The highest BCUT2D eigenvalue weighted by Crippen LogP contribution is 2.26. The van der Waals surface area contributed by atoms with Gasteiger partial charge in [-0.3, -0.25) is 9.78 Å². The smallest absolute Gasteiger partial charge is 0.253 e. The summed E-state index contributed by atoms with van der Waals surface area (Å²) in [6, 6.07) is 7.34. The highest BCUT2D eigenvalue weighted by atomic mass is 16.3. The van der Waals surface area contributed by atoms with Gasteiger partial charge in [-0.2, -0.15) is 0 Å². The van der Waals surface area contributed by atoms with Crippen molar-refractivity contribution in [2.75, 3.05) is 26.2 Å². The van der Waals surface area contributed by atoms with Crippen molar-refractivity contribution in [3.63, 3.8) is 0 Å². The molecular weight excluding hydrogens is 278 g/mol. The van der Waals surface area contributed by atoms with E-state index in [1.165, 1.54) is 6.20 Å². The summed E-state index contributed by atoms with van der Waals surface area (Å²) in [6.07, 6.45) is 3.11. The van der Waals surface area contributed by atoms with Gasteiger partial charge in [-0.05, 0) is 36.2 Å². The van der Waals surface area contributed by atoms with Crippen molar-refractivity contribution in [3.05, 3.63) is 47.8 Å². The predicted octanol–water partition coefficient (Wildman–Crippen LogP) is 1.81. The number of hydrogen-bond acceptors (Lipinski definition) is 4. The van der Waals surface area contributed by atoms with Gasteiger partial charge in [0.2, 0.25) is 0 Å². The minimum Gasteiger partial charge on any atom is -0.506 e. The fourth-order valence-electron chi connectivity index (χ4n) is 2.75. The number of nitrogens with one attached hydrogen (secondary N) is 1. The van der Waals surface area contributed by atoms with Crippen LogP contribution in [0.2, 0.25) is 0 Å². The van der Waals surface area contributed by atoms with Gasteiger partial charge in [0.1, 0.15) is 5.75 Å². The second-order valence-electron chi connectivity index (χ2n) is 5.50. The average molecular weight is 297 g/mol. The second kappa shape index (κ2) is 6.15. The number of rotatable bonds is 2. The van der Waals surface area contributed by atoms with E-state index in [0.717, 1.165) is 42.9 Å². The molecule has 1 amide bonds. The molecule has 2 aromatic rings. The van der Waals surface area contributed by atoms with Crippen molar-refractivity contribution in [3.8, 4) is 16.9 Å². The molecule has 3 rings (SSSR count). The summed E-state index contributed by atoms with van der Waals surface area (Å²) in [5, 5.41) is 12.8. The summed E-state index contributed by atoms with van der Waals surface area (Å²) in [5.41, 5.74) is 3.52. The lowest BCUT2D eigenvalue weighted by molar-refractivity contribution is 0.0735. The fourth-order valence-corrected chi connectivity index (χ4v) is 2.75. The number of aryl methyl sites for hydroxylation is 1. The topological polar surface area (TPSA) is 65.5 Å². The Kier molecular flexibility index (Phi) is 4.06. The van der Waals surface area contributed by atoms with Crippen LogP contribution in [0.1, 0.15) is 15.9 Å². The largest absolute Gasteiger partial charge is 0.506 e. The third-order valence-corrected chi connectivity index (χ3v) is 3.91. The lowest BCUT2D eigenvalue weighted by Gasteiger charge is -2.27. The number of aromatic hydroxyl groups is 1. The Morgan fingerprint density at radius 3 is 2.68 bits per heavy atom. The molecule has 5 nitrogen and oxygen atoms in total. The van der Waals surface area contributed by atoms with Crippen LogP contribution in [0.5, 0.6) is 5.75 Å². The van der Waals surface area contributed by atoms with Crippen molar-refractivity contribution in [2.24, 2.45) is 0 Å². The number of pyridine rings is 1. The van der Waals surface area contributed by atoms with Crippen molar-refractivity contribution in [1.82, 2.24) is 15.2 Å². The number of piperazine rings is 1. The van der Waals surface area contributed by atoms with Crippen LogP contribution in [-0.4, -0.2) is 47.1 Å². The van der Waals surface area contributed by atoms with Crippen LogP contribution in [-0.2, 0) is 0 Å². The number of carbonyl (C=O) groups excluding carboxylic acids is 1. The average Bonchev–Trinajstić information content (AvgIpc) is 2.55. The normalized spacial score (nSPS) is 14.9. The van der Waals surface area contributed by atoms with E-state index < -0.39 is 0 Å². The van der Waals surface area contributed by atoms with E-state index in [1.807, 2.05) is 30.0 Å². The van der Waals surface area contributed by atoms with Crippen LogP contribution >= 0.6 is 0 Å². The maximum absolute atomic E-state index is 12.5. The van der Waals surface area contributed by atoms with Gasteiger partial charge in [0, 0.05) is 43.5 Å². The highest BCUT2D eigenvalue weighted by Gasteiger charge is 2.18. The van der Waals surface area contributed by atoms with Gasteiger partial charge in [0.15, 0.2) is 0 Å². The van der Waals surface area contributed by atoms with Crippen LogP contribution in [0.25, 0.3) is 11.1 Å². The second-order valence-corrected chi connectivity index (χ2v) is 5.50. The van der Waals surface area contributed by atoms with E-state index >= 15 is 0 Å². The first-order valence-electron chi connectivity index (χ1n) is 7.40. The first-order valence-corrected chi connectivity index (χ1v) is 7.40. The van der Waals surface area contributed by atoms with E-state index in [1.54, 1.807) is 12.3 Å². The van der Waals surface area contributed by atoms with Crippen molar-refractivity contribution in [2.45, 2.75) is 6.92 Å². The Morgan fingerprint density at radius 2 is 2.00 bits per heavy atom. The third-order valence-electron chi connectivity index (χ3n) is 3.91. The van der Waals surface area contributed by atoms with Crippen LogP contribution in [0.15, 0.2) is 36.7 Å². The van der Waals surface area contributed by atoms with E-state index in [-0.39, 0.29) is 11.7 Å². The standard InChI is InChI=1S/C17H19N3O2/c1-12-8-13(17(22)20-6-4-18-5-7-20)2-3-16(12)14-9-15(21)11-19-10-14/h2-3,8-11,18,21H,4-7H2,1H3. The molecule has 1 aromatic carbocycles. The molecule has 1 aliphatic rings. The van der Waals surface area contributed by atoms with E-state index in [2.05, 4.69) is 10.3 Å². The Labute approximate surface area is 129 Å². The summed E-state index contributed by atoms with van der Waals surface area (Å²) in [4.78, 5) is 18.4. The predicted molar refractivity (Wildman–Crippen MR) is 84.8 cm³/mol. The van der Waals surface area contributed by atoms with Crippen molar-refractivity contribution < 1.29 is 9.90 Å². The molecule has 0 bridgehead atoms. The van der Waals surface area contributed by atoms with Crippen LogP contribution in [0, 0.1) is 6.92 Å². The number of amides is 1. The molecule has 1 saturated heterocycles. The lowest BCUT2D eigenvalue weighted by Crippen LogP contribution is -2.46. The summed E-state index contributed by atoms with van der Waals surface area (Å²) < 4.78 is 0. The van der Waals surface area contributed by atoms with Gasteiger partial charge in [-0.15, -0.1) is 0 Å². The first kappa shape index (κ1) is 14.5. The molecule has 22 heavy (non-hydrogen) atoms. The summed E-state index contributed by atoms with van der Waals surface area (Å²) >= 11 is 0. The van der Waals surface area contributed by atoms with Crippen LogP contribution < -0.4 is 5.32 Å². The Balaban J connectivity index is 1.87. The molecule has 0 saturated carbocycles. The summed E-state index contributed by atoms with van der Waals surface area (Å²) in [5.74, 6) is 0.211. The third kappa shape index (κ3) is 2.94. The number of aromatic nitrogens is 1. The molecule has 0 spiro atoms. The van der Waals surface area contributed by atoms with Gasteiger partial charge in [-0.25, -0.2) is 0 Å². The minimum atomic E-state index is 0.0742. The zero-order valence-electron chi connectivity index (χ0n) is 12.5. The van der Waals surface area contributed by atoms with Gasteiger partial charge < -0.3 is 15.3 Å². The quantitative estimate of drug-likeness (QED) is 0.887. The summed E-state index contributed by atoms with van der Waals surface area (Å²) in [6.45, 7) is 5.15. The number of benzene rings is 1. The molecule has 114 valence electrons. The van der Waals surface area contributed by atoms with Crippen LogP contribution in [0.4, 0.5) is 0 Å². The molecule has 1 fully saturated rings. The monoisotopic (exact) mass is 297 g/mol. The molecule has 1 aromatic heterocycles. The van der Waals surface area contributed by atoms with Gasteiger partial charge in [-0.1, -0.05) is 6.07 Å². The molecule has 0 radical (unpaired) electrons. The Bertz CT molecular complexity index is 694.